The Hall–Kier alpha value is -1.37. The SMILES string of the molecule is CC(=O)O[C@H]1C[C@@H](N=O)C(Cl)O[C@@H]1CN=[N+]=[N-]. The number of nitroso groups, excluding NO2 is 1. The van der Waals surface area contributed by atoms with E-state index in [0.717, 1.165) is 0 Å². The van der Waals surface area contributed by atoms with E-state index in [4.69, 9.17) is 26.6 Å². The number of hydrogen-bond acceptors (Lipinski definition) is 6. The Labute approximate surface area is 102 Å². The van der Waals surface area contributed by atoms with Crippen LogP contribution in [0.5, 0.6) is 0 Å². The predicted molar refractivity (Wildman–Crippen MR) is 58.3 cm³/mol. The van der Waals surface area contributed by atoms with Gasteiger partial charge in [0.2, 0.25) is 0 Å². The lowest BCUT2D eigenvalue weighted by molar-refractivity contribution is -0.164. The normalized spacial score (nSPS) is 32.4. The fourth-order valence-corrected chi connectivity index (χ4v) is 1.83. The number of alkyl halides is 1. The highest BCUT2D eigenvalue weighted by atomic mass is 35.5. The highest BCUT2D eigenvalue weighted by molar-refractivity contribution is 6.20. The van der Waals surface area contributed by atoms with Gasteiger partial charge in [0, 0.05) is 18.3 Å². The van der Waals surface area contributed by atoms with Gasteiger partial charge in [0.15, 0.2) is 5.56 Å². The van der Waals surface area contributed by atoms with E-state index in [9.17, 15) is 9.70 Å². The number of esters is 1. The first-order chi connectivity index (χ1) is 8.08. The molecule has 0 radical (unpaired) electrons. The van der Waals surface area contributed by atoms with Crippen LogP contribution in [0.1, 0.15) is 13.3 Å². The minimum absolute atomic E-state index is 0.0246. The summed E-state index contributed by atoms with van der Waals surface area (Å²) in [7, 11) is 0. The molecule has 0 spiro atoms. The van der Waals surface area contributed by atoms with Crippen LogP contribution in [0.2, 0.25) is 0 Å². The molecule has 0 aromatic carbocycles. The molecule has 8 nitrogen and oxygen atoms in total. The van der Waals surface area contributed by atoms with Crippen LogP contribution in [0, 0.1) is 4.91 Å². The van der Waals surface area contributed by atoms with Gasteiger partial charge >= 0.3 is 5.97 Å². The second kappa shape index (κ2) is 6.39. The highest BCUT2D eigenvalue weighted by Crippen LogP contribution is 2.27. The number of carbonyl (C=O) groups is 1. The number of ether oxygens (including phenoxy) is 2. The van der Waals surface area contributed by atoms with Gasteiger partial charge in [-0.25, -0.2) is 0 Å². The van der Waals surface area contributed by atoms with Crippen molar-refractivity contribution in [2.24, 2.45) is 10.3 Å². The zero-order chi connectivity index (χ0) is 12.8. The molecule has 1 aliphatic rings. The van der Waals surface area contributed by atoms with Crippen molar-refractivity contribution in [2.45, 2.75) is 37.2 Å². The largest absolute Gasteiger partial charge is 0.460 e. The topological polar surface area (TPSA) is 114 Å². The monoisotopic (exact) mass is 262 g/mol. The van der Waals surface area contributed by atoms with Crippen LogP contribution >= 0.6 is 11.6 Å². The third-order valence-corrected chi connectivity index (χ3v) is 2.67. The van der Waals surface area contributed by atoms with Crippen molar-refractivity contribution in [2.75, 3.05) is 6.54 Å². The molecule has 0 bridgehead atoms. The molecular weight excluding hydrogens is 252 g/mol. The first-order valence-electron chi connectivity index (χ1n) is 4.88. The molecule has 1 unspecified atom stereocenters. The summed E-state index contributed by atoms with van der Waals surface area (Å²) >= 11 is 5.77. The Morgan fingerprint density at radius 1 is 1.71 bits per heavy atom. The minimum Gasteiger partial charge on any atom is -0.460 e. The molecule has 0 aromatic rings. The number of carbonyl (C=O) groups excluding carboxylic acids is 1. The van der Waals surface area contributed by atoms with Crippen LogP contribution in [0.25, 0.3) is 10.4 Å². The summed E-state index contributed by atoms with van der Waals surface area (Å²) in [5, 5.41) is 6.13. The van der Waals surface area contributed by atoms with E-state index >= 15 is 0 Å². The molecule has 4 atom stereocenters. The molecule has 1 fully saturated rings. The van der Waals surface area contributed by atoms with Crippen molar-refractivity contribution in [3.05, 3.63) is 15.3 Å². The molecule has 0 amide bonds. The van der Waals surface area contributed by atoms with Crippen LogP contribution in [-0.4, -0.2) is 36.3 Å². The van der Waals surface area contributed by atoms with Gasteiger partial charge in [-0.1, -0.05) is 21.9 Å². The van der Waals surface area contributed by atoms with Gasteiger partial charge in [-0.2, -0.15) is 4.91 Å². The van der Waals surface area contributed by atoms with Crippen LogP contribution in [0.15, 0.2) is 10.3 Å². The standard InChI is InChI=1S/C8H11ClN4O4/c1-4(14)16-6-2-5(12-15)8(9)17-7(6)3-11-13-10/h5-8H,2-3H2,1H3/t5-,6+,7-,8?/m1/s1. The minimum atomic E-state index is -0.904. The third kappa shape index (κ3) is 3.85. The second-order valence-corrected chi connectivity index (χ2v) is 3.93. The quantitative estimate of drug-likeness (QED) is 0.192. The molecule has 17 heavy (non-hydrogen) atoms. The summed E-state index contributed by atoms with van der Waals surface area (Å²) in [6.07, 6.45) is -1.19. The van der Waals surface area contributed by atoms with Crippen molar-refractivity contribution in [3.8, 4) is 0 Å². The zero-order valence-electron chi connectivity index (χ0n) is 9.02. The number of nitrogens with zero attached hydrogens (tertiary/aromatic N) is 4. The highest BCUT2D eigenvalue weighted by Gasteiger charge is 2.39. The number of rotatable bonds is 4. The van der Waals surface area contributed by atoms with Gasteiger partial charge in [0.05, 0.1) is 6.54 Å². The fourth-order valence-electron chi connectivity index (χ4n) is 1.55. The molecule has 1 saturated heterocycles. The van der Waals surface area contributed by atoms with E-state index in [-0.39, 0.29) is 13.0 Å². The second-order valence-electron chi connectivity index (χ2n) is 3.50. The number of hydrogen-bond donors (Lipinski definition) is 0. The van der Waals surface area contributed by atoms with E-state index in [0.29, 0.717) is 0 Å². The first-order valence-corrected chi connectivity index (χ1v) is 5.32. The Balaban J connectivity index is 2.73. The maximum atomic E-state index is 10.9. The van der Waals surface area contributed by atoms with Gasteiger partial charge in [0.1, 0.15) is 18.2 Å². The smallest absolute Gasteiger partial charge is 0.302 e. The maximum absolute atomic E-state index is 10.9. The van der Waals surface area contributed by atoms with E-state index in [1.54, 1.807) is 0 Å². The third-order valence-electron chi connectivity index (χ3n) is 2.27. The Morgan fingerprint density at radius 2 is 2.41 bits per heavy atom. The van der Waals surface area contributed by atoms with Crippen molar-refractivity contribution >= 4 is 17.6 Å². The summed E-state index contributed by atoms with van der Waals surface area (Å²) in [6, 6.07) is -0.789. The zero-order valence-corrected chi connectivity index (χ0v) is 9.78. The lowest BCUT2D eigenvalue weighted by atomic mass is 10.0. The Morgan fingerprint density at radius 3 is 2.94 bits per heavy atom. The van der Waals surface area contributed by atoms with E-state index in [1.807, 2.05) is 0 Å². The molecule has 0 saturated carbocycles. The van der Waals surface area contributed by atoms with Crippen LogP contribution in [0.3, 0.4) is 0 Å². The average Bonchev–Trinajstić information content (AvgIpc) is 2.28. The molecule has 0 N–H and O–H groups in total. The van der Waals surface area contributed by atoms with Crippen molar-refractivity contribution in [1.29, 1.82) is 0 Å². The summed E-state index contributed by atoms with van der Waals surface area (Å²) < 4.78 is 10.2. The first kappa shape index (κ1) is 13.7. The van der Waals surface area contributed by atoms with Crippen LogP contribution in [0.4, 0.5) is 0 Å². The summed E-state index contributed by atoms with van der Waals surface area (Å²) in [5.41, 5.74) is 7.32. The molecule has 0 aliphatic carbocycles. The number of azide groups is 1. The van der Waals surface area contributed by atoms with Gasteiger partial charge in [-0.05, 0) is 5.53 Å². The van der Waals surface area contributed by atoms with Gasteiger partial charge < -0.3 is 9.47 Å². The van der Waals surface area contributed by atoms with E-state index in [2.05, 4.69) is 15.2 Å². The lowest BCUT2D eigenvalue weighted by Crippen LogP contribution is -2.47. The van der Waals surface area contributed by atoms with Crippen LogP contribution in [-0.2, 0) is 14.3 Å². The van der Waals surface area contributed by atoms with Gasteiger partial charge in [-0.15, -0.1) is 0 Å². The average molecular weight is 263 g/mol. The summed E-state index contributed by atoms with van der Waals surface area (Å²) in [6.45, 7) is 1.21. The molecule has 9 heteroatoms. The summed E-state index contributed by atoms with van der Waals surface area (Å²) in [5.74, 6) is -0.512. The number of halogens is 1. The van der Waals surface area contributed by atoms with E-state index < -0.39 is 29.8 Å². The molecule has 1 aliphatic heterocycles. The van der Waals surface area contributed by atoms with Crippen molar-refractivity contribution in [1.82, 2.24) is 0 Å². The Kier molecular flexibility index (Phi) is 5.14. The summed E-state index contributed by atoms with van der Waals surface area (Å²) in [4.78, 5) is 24.0. The maximum Gasteiger partial charge on any atom is 0.302 e. The predicted octanol–water partition coefficient (Wildman–Crippen LogP) is 1.72. The molecule has 94 valence electrons. The van der Waals surface area contributed by atoms with Crippen molar-refractivity contribution in [3.63, 3.8) is 0 Å². The fraction of sp³-hybridized carbons (Fsp3) is 0.875. The van der Waals surface area contributed by atoms with Gasteiger partial charge in [-0.3, -0.25) is 4.79 Å². The molecule has 0 aromatic heterocycles. The molecule has 1 rings (SSSR count). The molecular formula is C8H11ClN4O4. The van der Waals surface area contributed by atoms with E-state index in [1.165, 1.54) is 6.92 Å². The lowest BCUT2D eigenvalue weighted by Gasteiger charge is -2.35. The Bertz CT molecular complexity index is 346. The van der Waals surface area contributed by atoms with Crippen molar-refractivity contribution < 1.29 is 14.3 Å². The van der Waals surface area contributed by atoms with Crippen LogP contribution < -0.4 is 0 Å². The molecule has 1 heterocycles. The van der Waals surface area contributed by atoms with Gasteiger partial charge in [0.25, 0.3) is 0 Å².